The van der Waals surface area contributed by atoms with E-state index >= 15 is 0 Å². The predicted octanol–water partition coefficient (Wildman–Crippen LogP) is 1.22. The molecule has 0 bridgehead atoms. The van der Waals surface area contributed by atoms with Gasteiger partial charge in [-0.2, -0.15) is 10.4 Å². The minimum Gasteiger partial charge on any atom is -0.508 e. The number of hydrazone groups is 1. The van der Waals surface area contributed by atoms with Crippen LogP contribution in [0.2, 0.25) is 0 Å². The molecule has 1 aromatic rings. The molecule has 0 unspecified atom stereocenters. The number of phenols is 1. The predicted molar refractivity (Wildman–Crippen MR) is 69.4 cm³/mol. The number of anilines is 1. The second kappa shape index (κ2) is 5.32. The molecule has 7 heteroatoms. The maximum atomic E-state index is 9.17. The molecular weight excluding hydrogens is 321 g/mol. The number of amidine groups is 1. The van der Waals surface area contributed by atoms with E-state index in [2.05, 4.69) is 10.5 Å². The SMILES string of the molecule is N#C/C(=N\Nc1ccc(O)cc1I)C(=N)N. The minimum atomic E-state index is -0.399. The summed E-state index contributed by atoms with van der Waals surface area (Å²) in [6.45, 7) is 0. The van der Waals surface area contributed by atoms with Crippen LogP contribution in [0.1, 0.15) is 0 Å². The zero-order chi connectivity index (χ0) is 12.1. The lowest BCUT2D eigenvalue weighted by Crippen LogP contribution is -2.21. The molecule has 0 aliphatic carbocycles. The Morgan fingerprint density at radius 2 is 2.31 bits per heavy atom. The van der Waals surface area contributed by atoms with E-state index in [-0.39, 0.29) is 11.5 Å². The van der Waals surface area contributed by atoms with Crippen molar-refractivity contribution < 1.29 is 5.11 Å². The second-order valence-electron chi connectivity index (χ2n) is 2.76. The second-order valence-corrected chi connectivity index (χ2v) is 3.92. The lowest BCUT2D eigenvalue weighted by Gasteiger charge is -2.04. The Bertz CT molecular complexity index is 491. The Labute approximate surface area is 105 Å². The van der Waals surface area contributed by atoms with Crippen molar-refractivity contribution in [1.82, 2.24) is 0 Å². The van der Waals surface area contributed by atoms with E-state index in [4.69, 9.17) is 16.4 Å². The van der Waals surface area contributed by atoms with Crippen LogP contribution in [0.5, 0.6) is 5.75 Å². The third-order valence-corrected chi connectivity index (χ3v) is 2.49. The van der Waals surface area contributed by atoms with Gasteiger partial charge < -0.3 is 10.8 Å². The zero-order valence-electron chi connectivity index (χ0n) is 8.03. The Kier molecular flexibility index (Phi) is 4.07. The number of nitrogens with zero attached hydrogens (tertiary/aromatic N) is 2. The number of phenolic OH excluding ortho intramolecular Hbond substituents is 1. The van der Waals surface area contributed by atoms with Crippen molar-refractivity contribution in [2.24, 2.45) is 10.8 Å². The number of nitriles is 1. The van der Waals surface area contributed by atoms with Gasteiger partial charge in [0.2, 0.25) is 5.71 Å². The average Bonchev–Trinajstić information content (AvgIpc) is 2.21. The summed E-state index contributed by atoms with van der Waals surface area (Å²) in [6, 6.07) is 6.32. The van der Waals surface area contributed by atoms with Crippen LogP contribution in [0.4, 0.5) is 5.69 Å². The standard InChI is InChI=1S/C9H8IN5O/c10-6-3-5(16)1-2-7(6)14-15-8(4-11)9(12)13/h1-3,14,16H,(H3,12,13)/b15-8+. The summed E-state index contributed by atoms with van der Waals surface area (Å²) in [6.07, 6.45) is 0. The fourth-order valence-electron chi connectivity index (χ4n) is 0.856. The first-order valence-electron chi connectivity index (χ1n) is 4.11. The fraction of sp³-hybridized carbons (Fsp3) is 0. The minimum absolute atomic E-state index is 0.144. The first kappa shape index (κ1) is 12.3. The van der Waals surface area contributed by atoms with E-state index in [1.54, 1.807) is 12.1 Å². The molecule has 1 aromatic carbocycles. The van der Waals surface area contributed by atoms with Gasteiger partial charge in [-0.1, -0.05) is 0 Å². The number of hydrogen-bond donors (Lipinski definition) is 4. The smallest absolute Gasteiger partial charge is 0.201 e. The molecular formula is C9H8IN5O. The van der Waals surface area contributed by atoms with Gasteiger partial charge in [0.25, 0.3) is 0 Å². The van der Waals surface area contributed by atoms with E-state index in [1.807, 2.05) is 22.6 Å². The van der Waals surface area contributed by atoms with Crippen molar-refractivity contribution in [3.05, 3.63) is 21.8 Å². The number of aromatic hydroxyl groups is 1. The number of nitrogens with one attached hydrogen (secondary N) is 2. The summed E-state index contributed by atoms with van der Waals surface area (Å²) in [4.78, 5) is 0. The van der Waals surface area contributed by atoms with E-state index < -0.39 is 5.84 Å². The van der Waals surface area contributed by atoms with Crippen LogP contribution in [0, 0.1) is 20.3 Å². The molecule has 6 nitrogen and oxygen atoms in total. The fourth-order valence-corrected chi connectivity index (χ4v) is 1.48. The van der Waals surface area contributed by atoms with Crippen molar-refractivity contribution >= 4 is 39.8 Å². The first-order valence-corrected chi connectivity index (χ1v) is 5.19. The quantitative estimate of drug-likeness (QED) is 0.219. The Morgan fingerprint density at radius 1 is 1.62 bits per heavy atom. The van der Waals surface area contributed by atoms with Gasteiger partial charge in [0.05, 0.1) is 5.69 Å². The normalized spacial score (nSPS) is 10.6. The number of benzene rings is 1. The molecule has 5 N–H and O–H groups in total. The third-order valence-electron chi connectivity index (χ3n) is 1.60. The zero-order valence-corrected chi connectivity index (χ0v) is 10.2. The average molecular weight is 329 g/mol. The van der Waals surface area contributed by atoms with Gasteiger partial charge in [-0.25, -0.2) is 0 Å². The molecule has 16 heavy (non-hydrogen) atoms. The van der Waals surface area contributed by atoms with Gasteiger partial charge in [-0.15, -0.1) is 0 Å². The van der Waals surface area contributed by atoms with Gasteiger partial charge in [0, 0.05) is 3.57 Å². The number of halogens is 1. The van der Waals surface area contributed by atoms with E-state index in [0.29, 0.717) is 5.69 Å². The van der Waals surface area contributed by atoms with Crippen LogP contribution in [-0.4, -0.2) is 16.7 Å². The highest BCUT2D eigenvalue weighted by atomic mass is 127. The third kappa shape index (κ3) is 3.09. The monoisotopic (exact) mass is 329 g/mol. The summed E-state index contributed by atoms with van der Waals surface area (Å²) in [5.74, 6) is -0.255. The highest BCUT2D eigenvalue weighted by molar-refractivity contribution is 14.1. The molecule has 0 heterocycles. The Balaban J connectivity index is 2.90. The highest BCUT2D eigenvalue weighted by Gasteiger charge is 2.03. The molecule has 0 atom stereocenters. The lowest BCUT2D eigenvalue weighted by atomic mass is 10.3. The summed E-state index contributed by atoms with van der Waals surface area (Å²) in [5, 5.41) is 28.5. The van der Waals surface area contributed by atoms with E-state index in [0.717, 1.165) is 3.57 Å². The van der Waals surface area contributed by atoms with E-state index in [9.17, 15) is 5.11 Å². The van der Waals surface area contributed by atoms with Crippen LogP contribution >= 0.6 is 22.6 Å². The Hall–Kier alpha value is -1.82. The van der Waals surface area contributed by atoms with E-state index in [1.165, 1.54) is 12.1 Å². The van der Waals surface area contributed by atoms with Crippen LogP contribution in [0.15, 0.2) is 23.3 Å². The largest absolute Gasteiger partial charge is 0.508 e. The number of rotatable bonds is 3. The van der Waals surface area contributed by atoms with Gasteiger partial charge in [-0.05, 0) is 40.8 Å². The molecule has 0 spiro atoms. The molecule has 82 valence electrons. The van der Waals surface area contributed by atoms with Crippen LogP contribution < -0.4 is 11.2 Å². The highest BCUT2D eigenvalue weighted by Crippen LogP contribution is 2.22. The Morgan fingerprint density at radius 3 is 2.81 bits per heavy atom. The van der Waals surface area contributed by atoms with Crippen LogP contribution in [-0.2, 0) is 0 Å². The molecule has 0 aromatic heterocycles. The van der Waals surface area contributed by atoms with Gasteiger partial charge in [0.1, 0.15) is 11.8 Å². The van der Waals surface area contributed by atoms with Crippen molar-refractivity contribution in [2.45, 2.75) is 0 Å². The summed E-state index contributed by atoms with van der Waals surface area (Å²) >= 11 is 2.00. The lowest BCUT2D eigenvalue weighted by molar-refractivity contribution is 0.475. The molecule has 1 rings (SSSR count). The van der Waals surface area contributed by atoms with Gasteiger partial charge >= 0.3 is 0 Å². The molecule has 0 aliphatic heterocycles. The van der Waals surface area contributed by atoms with Gasteiger partial charge in [-0.3, -0.25) is 10.8 Å². The molecule has 0 saturated heterocycles. The summed E-state index contributed by atoms with van der Waals surface area (Å²) < 4.78 is 0.738. The van der Waals surface area contributed by atoms with Crippen molar-refractivity contribution in [3.63, 3.8) is 0 Å². The number of hydrogen-bond acceptors (Lipinski definition) is 5. The van der Waals surface area contributed by atoms with Gasteiger partial charge in [0.15, 0.2) is 5.84 Å². The maximum absolute atomic E-state index is 9.17. The molecule has 0 aliphatic rings. The van der Waals surface area contributed by atoms with Crippen molar-refractivity contribution in [2.75, 3.05) is 5.43 Å². The van der Waals surface area contributed by atoms with Crippen molar-refractivity contribution in [3.8, 4) is 11.8 Å². The molecule has 0 amide bonds. The maximum Gasteiger partial charge on any atom is 0.201 e. The number of nitrogens with two attached hydrogens (primary N) is 1. The topological polar surface area (TPSA) is 118 Å². The van der Waals surface area contributed by atoms with Crippen LogP contribution in [0.3, 0.4) is 0 Å². The molecule has 0 saturated carbocycles. The summed E-state index contributed by atoms with van der Waals surface area (Å²) in [5.41, 5.74) is 8.15. The van der Waals surface area contributed by atoms with Crippen LogP contribution in [0.25, 0.3) is 0 Å². The first-order chi connectivity index (χ1) is 7.54. The van der Waals surface area contributed by atoms with Crippen molar-refractivity contribution in [1.29, 1.82) is 10.7 Å². The molecule has 0 radical (unpaired) electrons. The summed E-state index contributed by atoms with van der Waals surface area (Å²) in [7, 11) is 0. The molecule has 0 fully saturated rings.